The Morgan fingerprint density at radius 1 is 1.26 bits per heavy atom. The fourth-order valence-corrected chi connectivity index (χ4v) is 3.33. The van der Waals surface area contributed by atoms with E-state index < -0.39 is 11.9 Å². The lowest BCUT2D eigenvalue weighted by Crippen LogP contribution is -2.26. The Hall–Kier alpha value is -3.35. The quantitative estimate of drug-likeness (QED) is 0.536. The molecule has 1 fully saturated rings. The third-order valence-electron chi connectivity index (χ3n) is 4.56. The fraction of sp³-hybridized carbons (Fsp3) is 0.250. The molecule has 1 aromatic carbocycles. The summed E-state index contributed by atoms with van der Waals surface area (Å²) in [5, 5.41) is 19.5. The number of amides is 1. The number of H-pyrrole nitrogens is 1. The number of ketones is 1. The summed E-state index contributed by atoms with van der Waals surface area (Å²) in [6, 6.07) is 10.9. The van der Waals surface area contributed by atoms with Gasteiger partial charge in [0.05, 0.1) is 11.6 Å². The molecule has 0 aliphatic carbocycles. The van der Waals surface area contributed by atoms with Gasteiger partial charge in [0.2, 0.25) is 5.91 Å². The average Bonchev–Trinajstić information content (AvgIpc) is 3.20. The number of carboxylic acid groups (broad SMARTS) is 1. The fourth-order valence-electron chi connectivity index (χ4n) is 3.33. The summed E-state index contributed by atoms with van der Waals surface area (Å²) in [7, 11) is 0. The van der Waals surface area contributed by atoms with Crippen LogP contribution < -0.4 is 0 Å². The highest BCUT2D eigenvalue weighted by atomic mass is 16.4. The minimum atomic E-state index is -1.20. The van der Waals surface area contributed by atoms with E-state index in [1.54, 1.807) is 4.90 Å². The standard InChI is InChI=1S/C20H20N2O5/c1-12(23)9-17(24)18-15(10-16(21-18)20(26)27)14-7-8-22(19(14)25)11-13-5-3-2-4-6-13/h2-6,9-10,14,21,24H,7-8,11H2,1H3,(H,26,27)/b17-9-. The van der Waals surface area contributed by atoms with Crippen molar-refractivity contribution in [1.29, 1.82) is 0 Å². The van der Waals surface area contributed by atoms with Crippen molar-refractivity contribution in [1.82, 2.24) is 9.88 Å². The van der Waals surface area contributed by atoms with Gasteiger partial charge in [0.1, 0.15) is 11.5 Å². The minimum absolute atomic E-state index is 0.0995. The lowest BCUT2D eigenvalue weighted by molar-refractivity contribution is -0.129. The largest absolute Gasteiger partial charge is 0.506 e. The van der Waals surface area contributed by atoms with Crippen LogP contribution in [-0.2, 0) is 16.1 Å². The molecule has 0 spiro atoms. The third-order valence-corrected chi connectivity index (χ3v) is 4.56. The number of aromatic nitrogens is 1. The van der Waals surface area contributed by atoms with Crippen LogP contribution in [0.3, 0.4) is 0 Å². The van der Waals surface area contributed by atoms with E-state index in [1.165, 1.54) is 13.0 Å². The molecule has 3 rings (SSSR count). The molecule has 7 heteroatoms. The topological polar surface area (TPSA) is 111 Å². The van der Waals surface area contributed by atoms with E-state index in [9.17, 15) is 24.6 Å². The molecule has 1 amide bonds. The number of aromatic carboxylic acids is 1. The molecule has 1 saturated heterocycles. The van der Waals surface area contributed by atoms with Gasteiger partial charge in [-0.15, -0.1) is 0 Å². The van der Waals surface area contributed by atoms with Gasteiger partial charge in [0.15, 0.2) is 5.78 Å². The van der Waals surface area contributed by atoms with E-state index >= 15 is 0 Å². The maximum absolute atomic E-state index is 12.9. The van der Waals surface area contributed by atoms with E-state index in [2.05, 4.69) is 4.98 Å². The predicted molar refractivity (Wildman–Crippen MR) is 98.3 cm³/mol. The Bertz CT molecular complexity index is 914. The molecule has 1 aliphatic heterocycles. The average molecular weight is 368 g/mol. The van der Waals surface area contributed by atoms with Gasteiger partial charge in [0.25, 0.3) is 0 Å². The molecule has 140 valence electrons. The van der Waals surface area contributed by atoms with Crippen LogP contribution in [0.4, 0.5) is 0 Å². The van der Waals surface area contributed by atoms with Crippen LogP contribution in [-0.4, -0.2) is 44.3 Å². The highest BCUT2D eigenvalue weighted by Gasteiger charge is 2.36. The van der Waals surface area contributed by atoms with Crippen LogP contribution in [0.5, 0.6) is 0 Å². The number of nitrogens with zero attached hydrogens (tertiary/aromatic N) is 1. The Balaban J connectivity index is 1.90. The number of hydrogen-bond acceptors (Lipinski definition) is 4. The number of carbonyl (C=O) groups excluding carboxylic acids is 2. The summed E-state index contributed by atoms with van der Waals surface area (Å²) >= 11 is 0. The highest BCUT2D eigenvalue weighted by Crippen LogP contribution is 2.34. The minimum Gasteiger partial charge on any atom is -0.506 e. The van der Waals surface area contributed by atoms with Crippen molar-refractivity contribution < 1.29 is 24.6 Å². The lowest BCUT2D eigenvalue weighted by Gasteiger charge is -2.17. The summed E-state index contributed by atoms with van der Waals surface area (Å²) in [6.07, 6.45) is 1.51. The smallest absolute Gasteiger partial charge is 0.352 e. The second-order valence-electron chi connectivity index (χ2n) is 6.55. The molecular formula is C20H20N2O5. The van der Waals surface area contributed by atoms with Gasteiger partial charge in [0, 0.05) is 19.2 Å². The number of nitrogens with one attached hydrogen (secondary N) is 1. The molecule has 0 saturated carbocycles. The molecular weight excluding hydrogens is 348 g/mol. The number of aromatic amines is 1. The van der Waals surface area contributed by atoms with Crippen LogP contribution >= 0.6 is 0 Å². The monoisotopic (exact) mass is 368 g/mol. The van der Waals surface area contributed by atoms with E-state index in [0.717, 1.165) is 11.6 Å². The molecule has 1 unspecified atom stereocenters. The number of carbonyl (C=O) groups is 3. The zero-order chi connectivity index (χ0) is 19.6. The van der Waals surface area contributed by atoms with Crippen molar-refractivity contribution in [2.75, 3.05) is 6.54 Å². The Labute approximate surface area is 155 Å². The third kappa shape index (κ3) is 3.92. The number of benzene rings is 1. The number of rotatable bonds is 6. The van der Waals surface area contributed by atoms with Gasteiger partial charge >= 0.3 is 5.97 Å². The first-order chi connectivity index (χ1) is 12.9. The number of hydrogen-bond donors (Lipinski definition) is 3. The summed E-state index contributed by atoms with van der Waals surface area (Å²) in [6.45, 7) is 2.28. The molecule has 1 aromatic heterocycles. The number of carboxylic acids is 1. The van der Waals surface area contributed by atoms with Crippen molar-refractivity contribution >= 4 is 23.4 Å². The Kier molecular flexibility index (Phi) is 5.12. The van der Waals surface area contributed by atoms with Crippen LogP contribution in [0, 0.1) is 0 Å². The Morgan fingerprint density at radius 2 is 1.96 bits per heavy atom. The molecule has 0 bridgehead atoms. The maximum Gasteiger partial charge on any atom is 0.352 e. The zero-order valence-electron chi connectivity index (χ0n) is 14.8. The van der Waals surface area contributed by atoms with Crippen LogP contribution in [0.1, 0.15) is 46.6 Å². The SMILES string of the molecule is CC(=O)/C=C(\O)c1[nH]c(C(=O)O)cc1C1CCN(Cc2ccccc2)C1=O. The molecule has 3 N–H and O–H groups in total. The van der Waals surface area contributed by atoms with Gasteiger partial charge in [-0.25, -0.2) is 4.79 Å². The van der Waals surface area contributed by atoms with Crippen molar-refractivity contribution in [3.63, 3.8) is 0 Å². The van der Waals surface area contributed by atoms with Crippen LogP contribution in [0.2, 0.25) is 0 Å². The second-order valence-corrected chi connectivity index (χ2v) is 6.55. The first-order valence-electron chi connectivity index (χ1n) is 8.57. The van der Waals surface area contributed by atoms with Gasteiger partial charge in [-0.3, -0.25) is 9.59 Å². The summed E-state index contributed by atoms with van der Waals surface area (Å²) in [4.78, 5) is 39.8. The predicted octanol–water partition coefficient (Wildman–Crippen LogP) is 2.72. The number of aliphatic hydroxyl groups is 1. The zero-order valence-corrected chi connectivity index (χ0v) is 14.8. The maximum atomic E-state index is 12.9. The highest BCUT2D eigenvalue weighted by molar-refractivity contribution is 5.95. The molecule has 0 radical (unpaired) electrons. The van der Waals surface area contributed by atoms with Gasteiger partial charge in [-0.2, -0.15) is 0 Å². The van der Waals surface area contributed by atoms with Crippen molar-refractivity contribution in [2.45, 2.75) is 25.8 Å². The Morgan fingerprint density at radius 3 is 2.59 bits per heavy atom. The molecule has 27 heavy (non-hydrogen) atoms. The van der Waals surface area contributed by atoms with Gasteiger partial charge in [-0.05, 0) is 30.5 Å². The molecule has 7 nitrogen and oxygen atoms in total. The first kappa shape index (κ1) is 18.4. The van der Waals surface area contributed by atoms with Crippen molar-refractivity contribution in [3.05, 3.63) is 65.0 Å². The number of aliphatic hydroxyl groups excluding tert-OH is 1. The van der Waals surface area contributed by atoms with E-state index in [0.29, 0.717) is 25.1 Å². The molecule has 2 heterocycles. The normalized spacial score (nSPS) is 17.4. The van der Waals surface area contributed by atoms with Crippen LogP contribution in [0.25, 0.3) is 5.76 Å². The summed E-state index contributed by atoms with van der Waals surface area (Å²) in [5.74, 6) is -2.67. The summed E-state index contributed by atoms with van der Waals surface area (Å²) < 4.78 is 0. The number of allylic oxidation sites excluding steroid dienone is 1. The molecule has 1 aliphatic rings. The lowest BCUT2D eigenvalue weighted by atomic mass is 9.96. The van der Waals surface area contributed by atoms with Crippen LogP contribution in [0.15, 0.2) is 42.5 Å². The van der Waals surface area contributed by atoms with E-state index in [4.69, 9.17) is 0 Å². The summed E-state index contributed by atoms with van der Waals surface area (Å²) in [5.41, 5.74) is 1.36. The van der Waals surface area contributed by atoms with Gasteiger partial charge < -0.3 is 20.1 Å². The van der Waals surface area contributed by atoms with E-state index in [-0.39, 0.29) is 28.8 Å². The molecule has 1 atom stereocenters. The van der Waals surface area contributed by atoms with Gasteiger partial charge in [-0.1, -0.05) is 30.3 Å². The second kappa shape index (κ2) is 7.49. The van der Waals surface area contributed by atoms with E-state index in [1.807, 2.05) is 30.3 Å². The molecule has 2 aromatic rings. The number of likely N-dealkylation sites (tertiary alicyclic amines) is 1. The van der Waals surface area contributed by atoms with Crippen molar-refractivity contribution in [2.24, 2.45) is 0 Å². The van der Waals surface area contributed by atoms with Crippen molar-refractivity contribution in [3.8, 4) is 0 Å². The first-order valence-corrected chi connectivity index (χ1v) is 8.57.